The predicted molar refractivity (Wildman–Crippen MR) is 82.9 cm³/mol. The maximum absolute atomic E-state index is 6.13. The van der Waals surface area contributed by atoms with E-state index >= 15 is 0 Å². The molecule has 104 valence electrons. The fourth-order valence-corrected chi connectivity index (χ4v) is 2.89. The summed E-state index contributed by atoms with van der Waals surface area (Å²) < 4.78 is 0. The van der Waals surface area contributed by atoms with Gasteiger partial charge in [0, 0.05) is 41.3 Å². The van der Waals surface area contributed by atoms with Crippen molar-refractivity contribution >= 4 is 23.4 Å². The summed E-state index contributed by atoms with van der Waals surface area (Å²) in [6.45, 7) is 0.861. The van der Waals surface area contributed by atoms with E-state index < -0.39 is 0 Å². The second-order valence-corrected chi connectivity index (χ2v) is 6.26. The summed E-state index contributed by atoms with van der Waals surface area (Å²) in [5.74, 6) is 0.791. The number of aromatic nitrogens is 2. The molecule has 1 saturated carbocycles. The van der Waals surface area contributed by atoms with Crippen molar-refractivity contribution in [2.75, 3.05) is 0 Å². The van der Waals surface area contributed by atoms with Crippen LogP contribution >= 0.6 is 23.4 Å². The van der Waals surface area contributed by atoms with Gasteiger partial charge in [-0.25, -0.2) is 9.97 Å². The van der Waals surface area contributed by atoms with Crippen molar-refractivity contribution in [3.8, 4) is 0 Å². The molecule has 1 N–H and O–H groups in total. The third kappa shape index (κ3) is 3.95. The van der Waals surface area contributed by atoms with Crippen LogP contribution in [0.25, 0.3) is 0 Å². The van der Waals surface area contributed by atoms with Gasteiger partial charge in [0.15, 0.2) is 5.16 Å². The van der Waals surface area contributed by atoms with Gasteiger partial charge in [-0.1, -0.05) is 41.6 Å². The second kappa shape index (κ2) is 6.57. The smallest absolute Gasteiger partial charge is 0.187 e. The van der Waals surface area contributed by atoms with E-state index in [4.69, 9.17) is 11.6 Å². The first-order chi connectivity index (χ1) is 9.81. The van der Waals surface area contributed by atoms with Crippen LogP contribution in [0.3, 0.4) is 0 Å². The Morgan fingerprint density at radius 2 is 1.95 bits per heavy atom. The number of hydrogen-bond donors (Lipinski definition) is 1. The quantitative estimate of drug-likeness (QED) is 0.652. The Morgan fingerprint density at radius 1 is 1.20 bits per heavy atom. The summed E-state index contributed by atoms with van der Waals surface area (Å²) in [6.07, 6.45) is 6.40. The molecule has 1 aromatic heterocycles. The molecule has 0 radical (unpaired) electrons. The van der Waals surface area contributed by atoms with E-state index in [2.05, 4.69) is 15.3 Å². The van der Waals surface area contributed by atoms with Gasteiger partial charge in [0.25, 0.3) is 0 Å². The zero-order chi connectivity index (χ0) is 13.8. The lowest BCUT2D eigenvalue weighted by Gasteiger charge is -2.05. The van der Waals surface area contributed by atoms with Crippen LogP contribution < -0.4 is 5.32 Å². The number of rotatable bonds is 6. The molecule has 2 aromatic rings. The molecule has 0 atom stereocenters. The molecule has 0 spiro atoms. The average Bonchev–Trinajstić information content (AvgIpc) is 3.30. The normalized spacial score (nSPS) is 14.4. The highest BCUT2D eigenvalue weighted by Gasteiger charge is 2.19. The van der Waals surface area contributed by atoms with E-state index in [-0.39, 0.29) is 0 Å². The summed E-state index contributed by atoms with van der Waals surface area (Å²) >= 11 is 7.74. The Morgan fingerprint density at radius 3 is 2.65 bits per heavy atom. The van der Waals surface area contributed by atoms with Crippen molar-refractivity contribution < 1.29 is 0 Å². The molecule has 1 aliphatic rings. The monoisotopic (exact) mass is 305 g/mol. The first kappa shape index (κ1) is 13.9. The van der Waals surface area contributed by atoms with E-state index in [1.165, 1.54) is 12.8 Å². The lowest BCUT2D eigenvalue weighted by molar-refractivity contribution is 0.680. The maximum Gasteiger partial charge on any atom is 0.187 e. The minimum absolute atomic E-state index is 0.712. The topological polar surface area (TPSA) is 37.8 Å². The molecule has 3 nitrogen and oxygen atoms in total. The van der Waals surface area contributed by atoms with Crippen LogP contribution in [0, 0.1) is 0 Å². The molecular formula is C15H16ClN3S. The highest BCUT2D eigenvalue weighted by molar-refractivity contribution is 7.98. The summed E-state index contributed by atoms with van der Waals surface area (Å²) in [4.78, 5) is 8.78. The van der Waals surface area contributed by atoms with Gasteiger partial charge < -0.3 is 5.32 Å². The Bertz CT molecular complexity index is 570. The maximum atomic E-state index is 6.13. The Balaban J connectivity index is 1.53. The minimum Gasteiger partial charge on any atom is -0.310 e. The van der Waals surface area contributed by atoms with E-state index in [0.717, 1.165) is 33.6 Å². The van der Waals surface area contributed by atoms with Crippen LogP contribution in [0.5, 0.6) is 0 Å². The standard InChI is InChI=1S/C15H16ClN3S/c16-14-4-2-1-3-12(14)10-20-15-18-8-11(9-19-15)7-17-13-5-6-13/h1-4,8-9,13,17H,5-7,10H2. The zero-order valence-electron chi connectivity index (χ0n) is 11.1. The molecule has 0 saturated heterocycles. The highest BCUT2D eigenvalue weighted by atomic mass is 35.5. The predicted octanol–water partition coefficient (Wildman–Crippen LogP) is 3.67. The van der Waals surface area contributed by atoms with Gasteiger partial charge in [0.05, 0.1) is 0 Å². The van der Waals surface area contributed by atoms with Gasteiger partial charge in [0.1, 0.15) is 0 Å². The summed E-state index contributed by atoms with van der Waals surface area (Å²) in [5.41, 5.74) is 2.25. The molecular weight excluding hydrogens is 290 g/mol. The third-order valence-corrected chi connectivity index (χ3v) is 4.46. The van der Waals surface area contributed by atoms with E-state index in [1.54, 1.807) is 11.8 Å². The lowest BCUT2D eigenvalue weighted by Crippen LogP contribution is -2.15. The van der Waals surface area contributed by atoms with Crippen LogP contribution in [0.1, 0.15) is 24.0 Å². The third-order valence-electron chi connectivity index (χ3n) is 3.17. The summed E-state index contributed by atoms with van der Waals surface area (Å²) in [6, 6.07) is 8.59. The van der Waals surface area contributed by atoms with E-state index in [9.17, 15) is 0 Å². The van der Waals surface area contributed by atoms with Crippen molar-refractivity contribution in [3.05, 3.63) is 52.8 Å². The largest absolute Gasteiger partial charge is 0.310 e. The molecule has 1 aromatic carbocycles. The molecule has 0 bridgehead atoms. The van der Waals surface area contributed by atoms with Gasteiger partial charge in [-0.15, -0.1) is 0 Å². The Hall–Kier alpha value is -1.10. The van der Waals surface area contributed by atoms with Crippen molar-refractivity contribution in [2.45, 2.75) is 36.3 Å². The van der Waals surface area contributed by atoms with Crippen molar-refractivity contribution in [1.29, 1.82) is 0 Å². The van der Waals surface area contributed by atoms with Crippen LogP contribution in [0.2, 0.25) is 5.02 Å². The molecule has 1 heterocycles. The first-order valence-electron chi connectivity index (χ1n) is 6.72. The van der Waals surface area contributed by atoms with Crippen molar-refractivity contribution in [1.82, 2.24) is 15.3 Å². The molecule has 5 heteroatoms. The molecule has 0 amide bonds. The highest BCUT2D eigenvalue weighted by Crippen LogP contribution is 2.24. The molecule has 1 aliphatic carbocycles. The van der Waals surface area contributed by atoms with Crippen LogP contribution in [0.4, 0.5) is 0 Å². The average molecular weight is 306 g/mol. The SMILES string of the molecule is Clc1ccccc1CSc1ncc(CNC2CC2)cn1. The van der Waals surface area contributed by atoms with Gasteiger partial charge in [0.2, 0.25) is 0 Å². The number of halogens is 1. The Kier molecular flexibility index (Phi) is 4.55. The van der Waals surface area contributed by atoms with Crippen LogP contribution in [-0.2, 0) is 12.3 Å². The number of hydrogen-bond acceptors (Lipinski definition) is 4. The van der Waals surface area contributed by atoms with Gasteiger partial charge in [-0.2, -0.15) is 0 Å². The number of nitrogens with zero attached hydrogens (tertiary/aromatic N) is 2. The zero-order valence-corrected chi connectivity index (χ0v) is 12.6. The molecule has 20 heavy (non-hydrogen) atoms. The van der Waals surface area contributed by atoms with E-state index in [1.807, 2.05) is 36.7 Å². The van der Waals surface area contributed by atoms with Crippen molar-refractivity contribution in [2.24, 2.45) is 0 Å². The summed E-state index contributed by atoms with van der Waals surface area (Å²) in [5, 5.41) is 5.04. The van der Waals surface area contributed by atoms with Gasteiger partial charge in [-0.05, 0) is 24.5 Å². The fourth-order valence-electron chi connectivity index (χ4n) is 1.82. The molecule has 0 unspecified atom stereocenters. The number of thioether (sulfide) groups is 1. The Labute approximate surface area is 128 Å². The molecule has 3 rings (SSSR count). The lowest BCUT2D eigenvalue weighted by atomic mass is 10.2. The number of nitrogens with one attached hydrogen (secondary N) is 1. The molecule has 0 aliphatic heterocycles. The van der Waals surface area contributed by atoms with E-state index in [0.29, 0.717) is 6.04 Å². The van der Waals surface area contributed by atoms with Gasteiger partial charge >= 0.3 is 0 Å². The van der Waals surface area contributed by atoms with Crippen LogP contribution in [-0.4, -0.2) is 16.0 Å². The summed E-state index contributed by atoms with van der Waals surface area (Å²) in [7, 11) is 0. The minimum atomic E-state index is 0.712. The molecule has 1 fully saturated rings. The van der Waals surface area contributed by atoms with Crippen molar-refractivity contribution in [3.63, 3.8) is 0 Å². The van der Waals surface area contributed by atoms with Crippen LogP contribution in [0.15, 0.2) is 41.8 Å². The fraction of sp³-hybridized carbons (Fsp3) is 0.333. The first-order valence-corrected chi connectivity index (χ1v) is 8.08. The second-order valence-electron chi connectivity index (χ2n) is 4.91. The number of benzene rings is 1. The van der Waals surface area contributed by atoms with Gasteiger partial charge in [-0.3, -0.25) is 0 Å².